The number of benzene rings is 3. The molecular weight excluding hydrogens is 426 g/mol. The zero-order chi connectivity index (χ0) is 23.3. The number of carbonyl (C=O) groups is 2. The van der Waals surface area contributed by atoms with Crippen LogP contribution in [0.2, 0.25) is 5.02 Å². The molecule has 0 unspecified atom stereocenters. The van der Waals surface area contributed by atoms with Gasteiger partial charge in [-0.1, -0.05) is 48.0 Å². The minimum absolute atomic E-state index is 0.103. The topological polar surface area (TPSA) is 75.6 Å². The number of hydrogen-bond acceptors (Lipinski definition) is 4. The fraction of sp³-hybridized carbons (Fsp3) is 0.231. The van der Waals surface area contributed by atoms with E-state index in [-0.39, 0.29) is 23.2 Å². The number of nitrogens with one attached hydrogen (secondary N) is 1. The molecule has 166 valence electrons. The fourth-order valence-electron chi connectivity index (χ4n) is 3.11. The number of phenolic OH excluding ortho intramolecular Hbond substituents is 1. The van der Waals surface area contributed by atoms with Crippen molar-refractivity contribution in [1.82, 2.24) is 5.32 Å². The molecule has 0 saturated heterocycles. The SMILES string of the molecule is CC(C)(C)OC(=O)c1ccc(-c2ccc(CCNC(=O)c3cc(Cl)ccc3O)cc2)cc1. The van der Waals surface area contributed by atoms with Crippen LogP contribution < -0.4 is 5.32 Å². The Balaban J connectivity index is 1.56. The number of amides is 1. The Bertz CT molecular complexity index is 1100. The van der Waals surface area contributed by atoms with E-state index in [1.165, 1.54) is 18.2 Å². The van der Waals surface area contributed by atoms with Gasteiger partial charge in [-0.3, -0.25) is 4.79 Å². The largest absolute Gasteiger partial charge is 0.507 e. The van der Waals surface area contributed by atoms with Crippen LogP contribution in [0.15, 0.2) is 66.7 Å². The summed E-state index contributed by atoms with van der Waals surface area (Å²) in [5.41, 5.74) is 3.23. The molecule has 0 bridgehead atoms. The van der Waals surface area contributed by atoms with E-state index in [4.69, 9.17) is 16.3 Å². The first-order chi connectivity index (χ1) is 15.1. The maximum atomic E-state index is 12.2. The zero-order valence-electron chi connectivity index (χ0n) is 18.3. The van der Waals surface area contributed by atoms with Crippen LogP contribution in [0.1, 0.15) is 47.1 Å². The summed E-state index contributed by atoms with van der Waals surface area (Å²) in [6, 6.07) is 19.7. The van der Waals surface area contributed by atoms with Gasteiger partial charge in [-0.15, -0.1) is 0 Å². The average Bonchev–Trinajstić information content (AvgIpc) is 2.75. The number of carbonyl (C=O) groups excluding carboxylic acids is 2. The number of phenols is 1. The first kappa shape index (κ1) is 23.4. The van der Waals surface area contributed by atoms with E-state index >= 15 is 0 Å². The summed E-state index contributed by atoms with van der Waals surface area (Å²) in [7, 11) is 0. The van der Waals surface area contributed by atoms with Crippen molar-refractivity contribution < 1.29 is 19.4 Å². The lowest BCUT2D eigenvalue weighted by molar-refractivity contribution is 0.00694. The first-order valence-corrected chi connectivity index (χ1v) is 10.7. The molecule has 5 nitrogen and oxygen atoms in total. The van der Waals surface area contributed by atoms with Crippen LogP contribution in [0.25, 0.3) is 11.1 Å². The summed E-state index contributed by atoms with van der Waals surface area (Å²) in [6.07, 6.45) is 0.644. The fourth-order valence-corrected chi connectivity index (χ4v) is 3.28. The van der Waals surface area contributed by atoms with E-state index in [0.717, 1.165) is 16.7 Å². The molecule has 0 heterocycles. The standard InChI is InChI=1S/C26H26ClNO4/c1-26(2,3)32-25(31)20-10-8-19(9-11-20)18-6-4-17(5-7-18)14-15-28-24(30)22-16-21(27)12-13-23(22)29/h4-13,16,29H,14-15H2,1-3H3,(H,28,30). The van der Waals surface area contributed by atoms with Crippen molar-refractivity contribution in [2.24, 2.45) is 0 Å². The van der Waals surface area contributed by atoms with Crippen LogP contribution in [0.3, 0.4) is 0 Å². The Kier molecular flexibility index (Phi) is 7.21. The number of esters is 1. The van der Waals surface area contributed by atoms with Gasteiger partial charge in [0.05, 0.1) is 11.1 Å². The quantitative estimate of drug-likeness (QED) is 0.475. The van der Waals surface area contributed by atoms with Crippen molar-refractivity contribution in [1.29, 1.82) is 0 Å². The molecule has 0 atom stereocenters. The van der Waals surface area contributed by atoms with Crippen molar-refractivity contribution in [2.75, 3.05) is 6.54 Å². The Hall–Kier alpha value is -3.31. The molecular formula is C26H26ClNO4. The second-order valence-corrected chi connectivity index (χ2v) is 8.88. The van der Waals surface area contributed by atoms with Crippen LogP contribution in [0.5, 0.6) is 5.75 Å². The molecule has 0 fully saturated rings. The summed E-state index contributed by atoms with van der Waals surface area (Å²) in [5.74, 6) is -0.812. The lowest BCUT2D eigenvalue weighted by Crippen LogP contribution is -2.25. The third kappa shape index (κ3) is 6.34. The molecule has 0 aromatic heterocycles. The summed E-state index contributed by atoms with van der Waals surface area (Å²) in [4.78, 5) is 24.4. The van der Waals surface area contributed by atoms with Gasteiger partial charge in [-0.25, -0.2) is 4.79 Å². The minimum Gasteiger partial charge on any atom is -0.507 e. The molecule has 3 aromatic rings. The normalized spacial score (nSPS) is 11.1. The highest BCUT2D eigenvalue weighted by atomic mass is 35.5. The van der Waals surface area contributed by atoms with Crippen LogP contribution in [0.4, 0.5) is 0 Å². The van der Waals surface area contributed by atoms with Crippen LogP contribution in [-0.4, -0.2) is 29.1 Å². The third-order valence-corrected chi connectivity index (χ3v) is 4.94. The Morgan fingerprint density at radius 2 is 1.53 bits per heavy atom. The van der Waals surface area contributed by atoms with Crippen molar-refractivity contribution in [2.45, 2.75) is 32.8 Å². The minimum atomic E-state index is -0.528. The number of hydrogen-bond donors (Lipinski definition) is 2. The molecule has 0 aliphatic carbocycles. The number of aromatic hydroxyl groups is 1. The van der Waals surface area contributed by atoms with Crippen molar-refractivity contribution >= 4 is 23.5 Å². The summed E-state index contributed by atoms with van der Waals surface area (Å²) in [6.45, 7) is 5.95. The Morgan fingerprint density at radius 1 is 0.938 bits per heavy atom. The lowest BCUT2D eigenvalue weighted by atomic mass is 10.0. The van der Waals surface area contributed by atoms with Gasteiger partial charge < -0.3 is 15.2 Å². The van der Waals surface area contributed by atoms with Crippen LogP contribution in [0, 0.1) is 0 Å². The highest BCUT2D eigenvalue weighted by Gasteiger charge is 2.17. The molecule has 0 spiro atoms. The monoisotopic (exact) mass is 451 g/mol. The van der Waals surface area contributed by atoms with Crippen molar-refractivity contribution in [3.63, 3.8) is 0 Å². The predicted octanol–water partition coefficient (Wildman–Crippen LogP) is 5.64. The van der Waals surface area contributed by atoms with Gasteiger partial charge in [0, 0.05) is 11.6 Å². The summed E-state index contributed by atoms with van der Waals surface area (Å²) < 4.78 is 5.39. The van der Waals surface area contributed by atoms with E-state index in [2.05, 4.69) is 5.32 Å². The van der Waals surface area contributed by atoms with E-state index in [1.807, 2.05) is 57.2 Å². The third-order valence-electron chi connectivity index (χ3n) is 4.71. The maximum absolute atomic E-state index is 12.2. The molecule has 32 heavy (non-hydrogen) atoms. The van der Waals surface area contributed by atoms with Crippen LogP contribution in [-0.2, 0) is 11.2 Å². The molecule has 3 rings (SSSR count). The second-order valence-electron chi connectivity index (χ2n) is 8.44. The van der Waals surface area contributed by atoms with E-state index in [0.29, 0.717) is 23.6 Å². The van der Waals surface area contributed by atoms with Crippen molar-refractivity contribution in [3.05, 3.63) is 88.4 Å². The lowest BCUT2D eigenvalue weighted by Gasteiger charge is -2.19. The average molecular weight is 452 g/mol. The van der Waals surface area contributed by atoms with Gasteiger partial charge in [0.25, 0.3) is 5.91 Å². The Morgan fingerprint density at radius 3 is 2.12 bits per heavy atom. The van der Waals surface area contributed by atoms with Crippen molar-refractivity contribution in [3.8, 4) is 16.9 Å². The van der Waals surface area contributed by atoms with Gasteiger partial charge in [0.15, 0.2) is 0 Å². The maximum Gasteiger partial charge on any atom is 0.338 e. The molecule has 0 saturated carbocycles. The molecule has 0 radical (unpaired) electrons. The van der Waals surface area contributed by atoms with E-state index < -0.39 is 5.60 Å². The van der Waals surface area contributed by atoms with E-state index in [1.54, 1.807) is 12.1 Å². The second kappa shape index (κ2) is 9.88. The summed E-state index contributed by atoms with van der Waals surface area (Å²) >= 11 is 5.89. The van der Waals surface area contributed by atoms with Crippen LogP contribution >= 0.6 is 11.6 Å². The number of rotatable bonds is 6. The molecule has 0 aliphatic heterocycles. The van der Waals surface area contributed by atoms with E-state index in [9.17, 15) is 14.7 Å². The molecule has 6 heteroatoms. The highest BCUT2D eigenvalue weighted by molar-refractivity contribution is 6.31. The van der Waals surface area contributed by atoms with Gasteiger partial charge in [-0.05, 0) is 74.2 Å². The number of ether oxygens (including phenoxy) is 1. The van der Waals surface area contributed by atoms with Gasteiger partial charge in [-0.2, -0.15) is 0 Å². The van der Waals surface area contributed by atoms with Gasteiger partial charge in [0.1, 0.15) is 11.4 Å². The smallest absolute Gasteiger partial charge is 0.338 e. The highest BCUT2D eigenvalue weighted by Crippen LogP contribution is 2.23. The first-order valence-electron chi connectivity index (χ1n) is 10.3. The zero-order valence-corrected chi connectivity index (χ0v) is 19.1. The predicted molar refractivity (Wildman–Crippen MR) is 126 cm³/mol. The van der Waals surface area contributed by atoms with Gasteiger partial charge in [0.2, 0.25) is 0 Å². The molecule has 3 aromatic carbocycles. The Labute approximate surface area is 193 Å². The number of halogens is 1. The molecule has 2 N–H and O–H groups in total. The summed E-state index contributed by atoms with van der Waals surface area (Å²) in [5, 5.41) is 13.0. The molecule has 1 amide bonds. The molecule has 0 aliphatic rings. The van der Waals surface area contributed by atoms with Gasteiger partial charge >= 0.3 is 5.97 Å².